The van der Waals surface area contributed by atoms with Gasteiger partial charge in [-0.1, -0.05) is 76.6 Å². The topological polar surface area (TPSA) is 20.2 Å². The van der Waals surface area contributed by atoms with Gasteiger partial charge in [-0.05, 0) is 91.9 Å². The lowest BCUT2D eigenvalue weighted by Crippen LogP contribution is -2.35. The van der Waals surface area contributed by atoms with Gasteiger partial charge < -0.3 is 5.11 Å². The molecule has 3 rings (SSSR count). The van der Waals surface area contributed by atoms with Crippen molar-refractivity contribution in [2.24, 2.45) is 35.0 Å². The SMILES string of the molecule is C=C1CC[C@H](O)C/C1=C/C=C1\CCCC2(C)C1CCC2C(C)/C=C/C(C)C(C)C. The van der Waals surface area contributed by atoms with Gasteiger partial charge in [0.15, 0.2) is 0 Å². The molecule has 3 fully saturated rings. The average molecular weight is 397 g/mol. The first-order valence-corrected chi connectivity index (χ1v) is 12.2. The van der Waals surface area contributed by atoms with Crippen molar-refractivity contribution in [1.82, 2.24) is 0 Å². The Balaban J connectivity index is 1.75. The molecule has 0 radical (unpaired) electrons. The Hall–Kier alpha value is -1.08. The molecule has 3 aliphatic carbocycles. The quantitative estimate of drug-likeness (QED) is 0.473. The van der Waals surface area contributed by atoms with E-state index in [0.717, 1.165) is 37.0 Å². The molecule has 1 nitrogen and oxygen atoms in total. The lowest BCUT2D eigenvalue weighted by Gasteiger charge is -2.44. The molecular weight excluding hydrogens is 352 g/mol. The van der Waals surface area contributed by atoms with Crippen molar-refractivity contribution in [2.75, 3.05) is 0 Å². The average Bonchev–Trinajstić information content (AvgIpc) is 3.04. The predicted octanol–water partition coefficient (Wildman–Crippen LogP) is 7.64. The summed E-state index contributed by atoms with van der Waals surface area (Å²) in [6.07, 6.45) is 18.8. The molecule has 1 heteroatoms. The minimum atomic E-state index is -0.182. The molecule has 0 aromatic rings. The molecule has 162 valence electrons. The van der Waals surface area contributed by atoms with E-state index in [1.165, 1.54) is 43.3 Å². The van der Waals surface area contributed by atoms with E-state index < -0.39 is 0 Å². The van der Waals surface area contributed by atoms with Gasteiger partial charge in [-0.3, -0.25) is 0 Å². The largest absolute Gasteiger partial charge is 0.393 e. The summed E-state index contributed by atoms with van der Waals surface area (Å²) in [4.78, 5) is 0. The van der Waals surface area contributed by atoms with Gasteiger partial charge in [0, 0.05) is 0 Å². The van der Waals surface area contributed by atoms with Gasteiger partial charge in [0.05, 0.1) is 6.10 Å². The number of rotatable bonds is 5. The standard InChI is InChI=1S/C28H44O/c1-19(2)20(3)9-10-22(5)26-15-16-27-23(8-7-17-28(26,27)6)12-13-24-18-25(29)14-11-21(24)4/h9-10,12-13,19-20,22,25-27,29H,4,7-8,11,14-18H2,1-3,5-6H3/b10-9+,23-12+,24-13-/t20?,22?,25-,26?,27?,28?/m0/s1. The van der Waals surface area contributed by atoms with Crippen LogP contribution in [0.1, 0.15) is 86.0 Å². The van der Waals surface area contributed by atoms with E-state index in [1.54, 1.807) is 5.57 Å². The van der Waals surface area contributed by atoms with E-state index in [4.69, 9.17) is 0 Å². The summed E-state index contributed by atoms with van der Waals surface area (Å²) in [6.45, 7) is 16.3. The van der Waals surface area contributed by atoms with Crippen molar-refractivity contribution in [2.45, 2.75) is 92.1 Å². The van der Waals surface area contributed by atoms with Crippen molar-refractivity contribution >= 4 is 0 Å². The van der Waals surface area contributed by atoms with Crippen LogP contribution in [-0.2, 0) is 0 Å². The fourth-order valence-corrected chi connectivity index (χ4v) is 6.25. The lowest BCUT2D eigenvalue weighted by molar-refractivity contribution is 0.112. The van der Waals surface area contributed by atoms with Crippen LogP contribution in [0.15, 0.2) is 47.6 Å². The molecule has 0 saturated heterocycles. The summed E-state index contributed by atoms with van der Waals surface area (Å²) in [5, 5.41) is 10.0. The molecular formula is C28H44O. The number of allylic oxidation sites excluding steroid dienone is 6. The van der Waals surface area contributed by atoms with Crippen molar-refractivity contribution < 1.29 is 5.11 Å². The van der Waals surface area contributed by atoms with Crippen LogP contribution in [0.3, 0.4) is 0 Å². The second-order valence-corrected chi connectivity index (χ2v) is 10.9. The summed E-state index contributed by atoms with van der Waals surface area (Å²) in [6, 6.07) is 0. The number of hydrogen-bond acceptors (Lipinski definition) is 1. The highest BCUT2D eigenvalue weighted by Crippen LogP contribution is 2.59. The highest BCUT2D eigenvalue weighted by molar-refractivity contribution is 5.36. The van der Waals surface area contributed by atoms with Crippen LogP contribution in [-0.4, -0.2) is 11.2 Å². The maximum Gasteiger partial charge on any atom is 0.0583 e. The van der Waals surface area contributed by atoms with E-state index in [2.05, 4.69) is 65.5 Å². The fraction of sp³-hybridized carbons (Fsp3) is 0.714. The normalized spacial score (nSPS) is 38.2. The highest BCUT2D eigenvalue weighted by atomic mass is 16.3. The first-order chi connectivity index (χ1) is 13.7. The van der Waals surface area contributed by atoms with Crippen molar-refractivity contribution in [3.63, 3.8) is 0 Å². The predicted molar refractivity (Wildman–Crippen MR) is 126 cm³/mol. The monoisotopic (exact) mass is 396 g/mol. The Bertz CT molecular complexity index is 678. The molecule has 5 unspecified atom stereocenters. The van der Waals surface area contributed by atoms with Crippen LogP contribution < -0.4 is 0 Å². The summed E-state index contributed by atoms with van der Waals surface area (Å²) >= 11 is 0. The van der Waals surface area contributed by atoms with Crippen LogP contribution in [0.25, 0.3) is 0 Å². The van der Waals surface area contributed by atoms with E-state index in [9.17, 15) is 5.11 Å². The fourth-order valence-electron chi connectivity index (χ4n) is 6.25. The smallest absolute Gasteiger partial charge is 0.0583 e. The van der Waals surface area contributed by atoms with Crippen molar-refractivity contribution in [3.05, 3.63) is 47.6 Å². The van der Waals surface area contributed by atoms with Gasteiger partial charge in [0.1, 0.15) is 0 Å². The minimum Gasteiger partial charge on any atom is -0.393 e. The maximum absolute atomic E-state index is 10.0. The molecule has 3 saturated carbocycles. The molecule has 6 atom stereocenters. The van der Waals surface area contributed by atoms with E-state index in [0.29, 0.717) is 17.3 Å². The van der Waals surface area contributed by atoms with Gasteiger partial charge >= 0.3 is 0 Å². The third-order valence-corrected chi connectivity index (χ3v) is 8.63. The molecule has 0 aromatic carbocycles. The van der Waals surface area contributed by atoms with Crippen LogP contribution in [0.4, 0.5) is 0 Å². The van der Waals surface area contributed by atoms with E-state index in [1.807, 2.05) is 0 Å². The molecule has 0 aromatic heterocycles. The zero-order chi connectivity index (χ0) is 21.2. The molecule has 0 heterocycles. The zero-order valence-electron chi connectivity index (χ0n) is 19.6. The van der Waals surface area contributed by atoms with Crippen LogP contribution in [0.2, 0.25) is 0 Å². The maximum atomic E-state index is 10.0. The number of hydrogen-bond donors (Lipinski definition) is 1. The lowest BCUT2D eigenvalue weighted by atomic mass is 9.61. The summed E-state index contributed by atoms with van der Waals surface area (Å²) in [5.41, 5.74) is 4.61. The van der Waals surface area contributed by atoms with Gasteiger partial charge in [-0.25, -0.2) is 0 Å². The molecule has 3 aliphatic rings. The Labute approximate surface area is 180 Å². The minimum absolute atomic E-state index is 0.182. The molecule has 0 aliphatic heterocycles. The van der Waals surface area contributed by atoms with Crippen molar-refractivity contribution in [1.29, 1.82) is 0 Å². The second-order valence-electron chi connectivity index (χ2n) is 10.9. The first-order valence-electron chi connectivity index (χ1n) is 12.2. The van der Waals surface area contributed by atoms with Gasteiger partial charge in [-0.2, -0.15) is 0 Å². The van der Waals surface area contributed by atoms with E-state index in [-0.39, 0.29) is 6.10 Å². The van der Waals surface area contributed by atoms with Crippen molar-refractivity contribution in [3.8, 4) is 0 Å². The van der Waals surface area contributed by atoms with Crippen LogP contribution in [0.5, 0.6) is 0 Å². The zero-order valence-corrected chi connectivity index (χ0v) is 19.6. The Morgan fingerprint density at radius 2 is 1.79 bits per heavy atom. The Kier molecular flexibility index (Phi) is 7.31. The number of fused-ring (bicyclic) bond motifs is 1. The molecule has 29 heavy (non-hydrogen) atoms. The Morgan fingerprint density at radius 1 is 1.03 bits per heavy atom. The molecule has 0 amide bonds. The summed E-state index contributed by atoms with van der Waals surface area (Å²) < 4.78 is 0. The molecule has 1 N–H and O–H groups in total. The van der Waals surface area contributed by atoms with Crippen LogP contribution in [0, 0.1) is 35.0 Å². The van der Waals surface area contributed by atoms with E-state index >= 15 is 0 Å². The van der Waals surface area contributed by atoms with Gasteiger partial charge in [0.25, 0.3) is 0 Å². The molecule has 0 spiro atoms. The highest BCUT2D eigenvalue weighted by Gasteiger charge is 2.50. The number of aliphatic hydroxyl groups excluding tert-OH is 1. The summed E-state index contributed by atoms with van der Waals surface area (Å²) in [5.74, 6) is 3.58. The third kappa shape index (κ3) is 4.98. The summed E-state index contributed by atoms with van der Waals surface area (Å²) in [7, 11) is 0. The van der Waals surface area contributed by atoms with Crippen LogP contribution >= 0.6 is 0 Å². The third-order valence-electron chi connectivity index (χ3n) is 8.63. The molecule has 0 bridgehead atoms. The number of aliphatic hydroxyl groups is 1. The Morgan fingerprint density at radius 3 is 2.52 bits per heavy atom. The van der Waals surface area contributed by atoms with Gasteiger partial charge in [-0.15, -0.1) is 0 Å². The van der Waals surface area contributed by atoms with Gasteiger partial charge in [0.2, 0.25) is 0 Å². The first kappa shape index (κ1) is 22.6. The second kappa shape index (κ2) is 9.38.